The summed E-state index contributed by atoms with van der Waals surface area (Å²) in [4.78, 5) is 9.31. The maximum atomic E-state index is 11.3. The lowest BCUT2D eigenvalue weighted by molar-refractivity contribution is 0.217. The first-order valence-electron chi connectivity index (χ1n) is 4.62. The SMILES string of the molecule is CC(C)(C)C1CCP(=O)(O)CC1. The topological polar surface area (TPSA) is 37.3 Å². The molecule has 0 aliphatic carbocycles. The van der Waals surface area contributed by atoms with Gasteiger partial charge >= 0.3 is 0 Å². The highest BCUT2D eigenvalue weighted by molar-refractivity contribution is 7.58. The van der Waals surface area contributed by atoms with E-state index in [1.807, 2.05) is 0 Å². The molecule has 0 aromatic heterocycles. The van der Waals surface area contributed by atoms with Crippen molar-refractivity contribution in [2.24, 2.45) is 11.3 Å². The van der Waals surface area contributed by atoms with Crippen LogP contribution in [0, 0.1) is 11.3 Å². The fourth-order valence-corrected chi connectivity index (χ4v) is 3.49. The third-order valence-electron chi connectivity index (χ3n) is 2.88. The average molecular weight is 190 g/mol. The van der Waals surface area contributed by atoms with E-state index in [1.54, 1.807) is 0 Å². The van der Waals surface area contributed by atoms with Crippen LogP contribution >= 0.6 is 7.37 Å². The maximum Gasteiger partial charge on any atom is 0.200 e. The summed E-state index contributed by atoms with van der Waals surface area (Å²) in [5.41, 5.74) is 0.306. The van der Waals surface area contributed by atoms with Crippen molar-refractivity contribution >= 4 is 7.37 Å². The summed E-state index contributed by atoms with van der Waals surface area (Å²) in [6.07, 6.45) is 2.93. The Hall–Kier alpha value is 0.190. The fourth-order valence-electron chi connectivity index (χ4n) is 1.84. The van der Waals surface area contributed by atoms with Crippen LogP contribution in [0.5, 0.6) is 0 Å². The predicted molar refractivity (Wildman–Crippen MR) is 51.7 cm³/mol. The zero-order chi connectivity index (χ0) is 9.41. The zero-order valence-electron chi connectivity index (χ0n) is 8.21. The van der Waals surface area contributed by atoms with Crippen molar-refractivity contribution in [3.8, 4) is 0 Å². The number of rotatable bonds is 0. The van der Waals surface area contributed by atoms with Gasteiger partial charge in [-0.3, -0.25) is 4.57 Å². The monoisotopic (exact) mass is 190 g/mol. The van der Waals surface area contributed by atoms with Crippen molar-refractivity contribution in [2.75, 3.05) is 12.3 Å². The smallest absolute Gasteiger partial charge is 0.200 e. The molecular weight excluding hydrogens is 171 g/mol. The van der Waals surface area contributed by atoms with Crippen molar-refractivity contribution < 1.29 is 9.46 Å². The number of hydrogen-bond donors (Lipinski definition) is 1. The molecule has 0 amide bonds. The zero-order valence-corrected chi connectivity index (χ0v) is 9.10. The lowest BCUT2D eigenvalue weighted by atomic mass is 9.77. The van der Waals surface area contributed by atoms with Crippen molar-refractivity contribution in [3.63, 3.8) is 0 Å². The Morgan fingerprint density at radius 1 is 1.25 bits per heavy atom. The molecule has 0 aromatic rings. The first-order chi connectivity index (χ1) is 5.31. The van der Waals surface area contributed by atoms with E-state index in [4.69, 9.17) is 0 Å². The van der Waals surface area contributed by atoms with E-state index in [1.165, 1.54) is 0 Å². The van der Waals surface area contributed by atoms with Crippen molar-refractivity contribution in [1.29, 1.82) is 0 Å². The lowest BCUT2D eigenvalue weighted by Gasteiger charge is -2.35. The van der Waals surface area contributed by atoms with E-state index in [0.717, 1.165) is 12.8 Å². The molecule has 1 aliphatic rings. The van der Waals surface area contributed by atoms with Gasteiger partial charge in [-0.1, -0.05) is 20.8 Å². The van der Waals surface area contributed by atoms with Crippen LogP contribution in [-0.4, -0.2) is 17.2 Å². The van der Waals surface area contributed by atoms with Gasteiger partial charge in [0.25, 0.3) is 0 Å². The van der Waals surface area contributed by atoms with Crippen molar-refractivity contribution in [1.82, 2.24) is 0 Å². The van der Waals surface area contributed by atoms with Crippen LogP contribution in [0.2, 0.25) is 0 Å². The van der Waals surface area contributed by atoms with Crippen LogP contribution in [0.25, 0.3) is 0 Å². The molecule has 1 fully saturated rings. The van der Waals surface area contributed by atoms with Gasteiger partial charge in [-0.15, -0.1) is 0 Å². The van der Waals surface area contributed by atoms with E-state index < -0.39 is 7.37 Å². The first-order valence-corrected chi connectivity index (χ1v) is 6.65. The van der Waals surface area contributed by atoms with Gasteiger partial charge in [0.15, 0.2) is 0 Å². The molecule has 0 saturated carbocycles. The Balaban J connectivity index is 2.53. The van der Waals surface area contributed by atoms with Crippen LogP contribution in [0.15, 0.2) is 0 Å². The highest BCUT2D eigenvalue weighted by Gasteiger charge is 2.33. The Morgan fingerprint density at radius 2 is 1.67 bits per heavy atom. The average Bonchev–Trinajstić information content (AvgIpc) is 1.83. The molecule has 0 spiro atoms. The molecule has 0 atom stereocenters. The van der Waals surface area contributed by atoms with Crippen LogP contribution in [0.3, 0.4) is 0 Å². The summed E-state index contributed by atoms with van der Waals surface area (Å²) in [5.74, 6) is 0.631. The molecule has 12 heavy (non-hydrogen) atoms. The minimum Gasteiger partial charge on any atom is -0.344 e. The second-order valence-corrected chi connectivity index (χ2v) is 7.52. The Labute approximate surface area is 74.8 Å². The third-order valence-corrected chi connectivity index (χ3v) is 4.79. The van der Waals surface area contributed by atoms with Crippen LogP contribution < -0.4 is 0 Å². The standard InChI is InChI=1S/C9H19O2P/c1-9(2,3)8-4-6-12(10,11)7-5-8/h8H,4-7H2,1-3H3,(H,10,11). The van der Waals surface area contributed by atoms with Gasteiger partial charge in [0.1, 0.15) is 0 Å². The van der Waals surface area contributed by atoms with Gasteiger partial charge in [0.2, 0.25) is 7.37 Å². The molecule has 1 saturated heterocycles. The van der Waals surface area contributed by atoms with Crippen molar-refractivity contribution in [2.45, 2.75) is 33.6 Å². The highest BCUT2D eigenvalue weighted by Crippen LogP contribution is 2.50. The summed E-state index contributed by atoms with van der Waals surface area (Å²) in [6, 6.07) is 0. The number of hydrogen-bond acceptors (Lipinski definition) is 1. The van der Waals surface area contributed by atoms with Gasteiger partial charge in [0.05, 0.1) is 0 Å². The van der Waals surface area contributed by atoms with Gasteiger partial charge in [0, 0.05) is 12.3 Å². The molecule has 1 aliphatic heterocycles. The van der Waals surface area contributed by atoms with Crippen LogP contribution in [-0.2, 0) is 4.57 Å². The molecule has 0 bridgehead atoms. The normalized spacial score (nSPS) is 38.2. The molecule has 0 aromatic carbocycles. The Kier molecular flexibility index (Phi) is 2.70. The molecule has 3 heteroatoms. The van der Waals surface area contributed by atoms with Gasteiger partial charge in [-0.25, -0.2) is 0 Å². The largest absolute Gasteiger partial charge is 0.344 e. The minimum absolute atomic E-state index is 0.306. The summed E-state index contributed by atoms with van der Waals surface area (Å²) in [7, 11) is -2.69. The van der Waals surface area contributed by atoms with E-state index >= 15 is 0 Å². The Morgan fingerprint density at radius 3 is 2.00 bits per heavy atom. The van der Waals surface area contributed by atoms with E-state index in [9.17, 15) is 9.46 Å². The highest BCUT2D eigenvalue weighted by atomic mass is 31.2. The van der Waals surface area contributed by atoms with Gasteiger partial charge in [-0.05, 0) is 24.2 Å². The third kappa shape index (κ3) is 2.60. The van der Waals surface area contributed by atoms with Gasteiger partial charge < -0.3 is 4.89 Å². The molecule has 1 N–H and O–H groups in total. The van der Waals surface area contributed by atoms with Crippen LogP contribution in [0.1, 0.15) is 33.6 Å². The second-order valence-electron chi connectivity index (χ2n) is 4.93. The van der Waals surface area contributed by atoms with E-state index in [0.29, 0.717) is 23.7 Å². The first kappa shape index (κ1) is 10.3. The predicted octanol–water partition coefficient (Wildman–Crippen LogP) is 2.71. The molecule has 0 radical (unpaired) electrons. The van der Waals surface area contributed by atoms with Crippen LogP contribution in [0.4, 0.5) is 0 Å². The summed E-state index contributed by atoms with van der Waals surface area (Å²) in [6.45, 7) is 6.64. The molecule has 1 rings (SSSR count). The summed E-state index contributed by atoms with van der Waals surface area (Å²) >= 11 is 0. The second kappa shape index (κ2) is 3.16. The molecular formula is C9H19O2P. The van der Waals surface area contributed by atoms with Gasteiger partial charge in [-0.2, -0.15) is 0 Å². The Bertz CT molecular complexity index is 193. The molecule has 2 nitrogen and oxygen atoms in total. The lowest BCUT2D eigenvalue weighted by Crippen LogP contribution is -2.26. The van der Waals surface area contributed by atoms with Crippen molar-refractivity contribution in [3.05, 3.63) is 0 Å². The maximum absolute atomic E-state index is 11.3. The summed E-state index contributed by atoms with van der Waals surface area (Å²) < 4.78 is 11.3. The van der Waals surface area contributed by atoms with E-state index in [-0.39, 0.29) is 0 Å². The summed E-state index contributed by atoms with van der Waals surface area (Å²) in [5, 5.41) is 0. The molecule has 0 unspecified atom stereocenters. The van der Waals surface area contributed by atoms with E-state index in [2.05, 4.69) is 20.8 Å². The fraction of sp³-hybridized carbons (Fsp3) is 1.00. The molecule has 1 heterocycles. The minimum atomic E-state index is -2.69. The quantitative estimate of drug-likeness (QED) is 0.596. The molecule has 72 valence electrons.